The van der Waals surface area contributed by atoms with E-state index in [9.17, 15) is 9.59 Å². The predicted molar refractivity (Wildman–Crippen MR) is 73.0 cm³/mol. The summed E-state index contributed by atoms with van der Waals surface area (Å²) in [5.74, 6) is -0.684. The maximum atomic E-state index is 11.5. The lowest BCUT2D eigenvalue weighted by atomic mass is 10.3. The predicted octanol–water partition coefficient (Wildman–Crippen LogP) is 2.85. The van der Waals surface area contributed by atoms with E-state index >= 15 is 0 Å². The van der Waals surface area contributed by atoms with E-state index in [1.807, 2.05) is 6.92 Å². The number of carbonyl (C=O) groups is 2. The van der Waals surface area contributed by atoms with Crippen molar-refractivity contribution in [2.24, 2.45) is 0 Å². The van der Waals surface area contributed by atoms with Gasteiger partial charge in [-0.25, -0.2) is 0 Å². The molecule has 0 saturated heterocycles. The maximum absolute atomic E-state index is 11.5. The summed E-state index contributed by atoms with van der Waals surface area (Å²) in [6.07, 6.45) is 0.625. The first-order chi connectivity index (χ1) is 8.52. The fourth-order valence-corrected chi connectivity index (χ4v) is 1.55. The Hall–Kier alpha value is -1.26. The van der Waals surface area contributed by atoms with Gasteiger partial charge >= 0.3 is 0 Å². The van der Waals surface area contributed by atoms with Gasteiger partial charge in [-0.3, -0.25) is 9.59 Å². The Labute approximate surface area is 116 Å². The van der Waals surface area contributed by atoms with E-state index in [4.69, 9.17) is 23.2 Å². The van der Waals surface area contributed by atoms with Crippen LogP contribution in [0.5, 0.6) is 0 Å². The molecule has 0 unspecified atom stereocenters. The molecule has 98 valence electrons. The van der Waals surface area contributed by atoms with Gasteiger partial charge in [0, 0.05) is 12.2 Å². The number of hydrogen-bond acceptors (Lipinski definition) is 2. The molecule has 0 aliphatic carbocycles. The molecule has 0 aliphatic rings. The highest BCUT2D eigenvalue weighted by atomic mass is 35.5. The van der Waals surface area contributed by atoms with E-state index in [1.54, 1.807) is 12.1 Å². The van der Waals surface area contributed by atoms with Crippen LogP contribution in [0.1, 0.15) is 19.8 Å². The third-order valence-electron chi connectivity index (χ3n) is 2.10. The van der Waals surface area contributed by atoms with Gasteiger partial charge in [0.2, 0.25) is 11.8 Å². The summed E-state index contributed by atoms with van der Waals surface area (Å²) < 4.78 is 0. The van der Waals surface area contributed by atoms with Crippen LogP contribution in [0.4, 0.5) is 5.69 Å². The molecular formula is C12H14Cl2N2O2. The Morgan fingerprint density at radius 1 is 1.17 bits per heavy atom. The summed E-state index contributed by atoms with van der Waals surface area (Å²) in [6, 6.07) is 4.73. The maximum Gasteiger partial charge on any atom is 0.233 e. The monoisotopic (exact) mass is 288 g/mol. The van der Waals surface area contributed by atoms with Gasteiger partial charge < -0.3 is 10.6 Å². The van der Waals surface area contributed by atoms with Crippen LogP contribution in [0.25, 0.3) is 0 Å². The number of benzene rings is 1. The second-order valence-corrected chi connectivity index (χ2v) is 4.52. The van der Waals surface area contributed by atoms with Gasteiger partial charge in [-0.05, 0) is 24.6 Å². The normalized spacial score (nSPS) is 9.94. The van der Waals surface area contributed by atoms with Gasteiger partial charge in [0.1, 0.15) is 6.42 Å². The number of halogens is 2. The summed E-state index contributed by atoms with van der Waals surface area (Å²) in [5.41, 5.74) is 0.512. The molecule has 0 heterocycles. The first-order valence-corrected chi connectivity index (χ1v) is 6.30. The van der Waals surface area contributed by atoms with E-state index in [-0.39, 0.29) is 18.2 Å². The summed E-state index contributed by atoms with van der Waals surface area (Å²) in [7, 11) is 0. The standard InChI is InChI=1S/C12H14Cl2N2O2/c1-2-5-15-11(17)7-12(18)16-8-3-4-9(13)10(14)6-8/h3-4,6H,2,5,7H2,1H3,(H,15,17)(H,16,18). The Kier molecular flexibility index (Phi) is 5.95. The highest BCUT2D eigenvalue weighted by Crippen LogP contribution is 2.24. The minimum atomic E-state index is -0.387. The van der Waals surface area contributed by atoms with Crippen LogP contribution in [-0.2, 0) is 9.59 Å². The van der Waals surface area contributed by atoms with Crippen molar-refractivity contribution in [1.29, 1.82) is 0 Å². The second-order valence-electron chi connectivity index (χ2n) is 3.70. The van der Waals surface area contributed by atoms with Crippen molar-refractivity contribution in [2.75, 3.05) is 11.9 Å². The summed E-state index contributed by atoms with van der Waals surface area (Å²) in [5, 5.41) is 5.96. The zero-order chi connectivity index (χ0) is 13.5. The number of rotatable bonds is 5. The van der Waals surface area contributed by atoms with Gasteiger partial charge in [0.25, 0.3) is 0 Å². The largest absolute Gasteiger partial charge is 0.356 e. The van der Waals surface area contributed by atoms with E-state index in [0.717, 1.165) is 6.42 Å². The quantitative estimate of drug-likeness (QED) is 0.819. The lowest BCUT2D eigenvalue weighted by molar-refractivity contribution is -0.126. The molecule has 4 nitrogen and oxygen atoms in total. The minimum absolute atomic E-state index is 0.208. The highest BCUT2D eigenvalue weighted by Gasteiger charge is 2.09. The summed E-state index contributed by atoms with van der Waals surface area (Å²) >= 11 is 11.6. The van der Waals surface area contributed by atoms with Crippen LogP contribution in [0.3, 0.4) is 0 Å². The lowest BCUT2D eigenvalue weighted by Gasteiger charge is -2.06. The average molecular weight is 289 g/mol. The number of amides is 2. The number of carbonyl (C=O) groups excluding carboxylic acids is 2. The molecule has 0 saturated carbocycles. The van der Waals surface area contributed by atoms with E-state index in [0.29, 0.717) is 22.3 Å². The van der Waals surface area contributed by atoms with Gasteiger partial charge in [-0.15, -0.1) is 0 Å². The van der Waals surface area contributed by atoms with Crippen molar-refractivity contribution in [2.45, 2.75) is 19.8 Å². The van der Waals surface area contributed by atoms with Crippen LogP contribution in [0, 0.1) is 0 Å². The van der Waals surface area contributed by atoms with Crippen LogP contribution in [-0.4, -0.2) is 18.4 Å². The van der Waals surface area contributed by atoms with Crippen molar-refractivity contribution in [3.63, 3.8) is 0 Å². The van der Waals surface area contributed by atoms with Crippen LogP contribution in [0.2, 0.25) is 10.0 Å². The topological polar surface area (TPSA) is 58.2 Å². The van der Waals surface area contributed by atoms with Crippen molar-refractivity contribution < 1.29 is 9.59 Å². The van der Waals surface area contributed by atoms with Crippen LogP contribution < -0.4 is 10.6 Å². The molecule has 18 heavy (non-hydrogen) atoms. The third-order valence-corrected chi connectivity index (χ3v) is 2.84. The average Bonchev–Trinajstić information content (AvgIpc) is 2.31. The van der Waals surface area contributed by atoms with E-state index < -0.39 is 0 Å². The molecule has 0 fully saturated rings. The van der Waals surface area contributed by atoms with E-state index in [1.165, 1.54) is 6.07 Å². The second kappa shape index (κ2) is 7.24. The zero-order valence-corrected chi connectivity index (χ0v) is 11.4. The Morgan fingerprint density at radius 2 is 1.89 bits per heavy atom. The first kappa shape index (κ1) is 14.8. The van der Waals surface area contributed by atoms with Crippen LogP contribution in [0.15, 0.2) is 18.2 Å². The highest BCUT2D eigenvalue weighted by molar-refractivity contribution is 6.42. The van der Waals surface area contributed by atoms with Crippen molar-refractivity contribution >= 4 is 40.7 Å². The number of nitrogens with one attached hydrogen (secondary N) is 2. The molecule has 0 radical (unpaired) electrons. The fraction of sp³-hybridized carbons (Fsp3) is 0.333. The summed E-state index contributed by atoms with van der Waals surface area (Å²) in [6.45, 7) is 2.51. The van der Waals surface area contributed by atoms with Gasteiger partial charge in [-0.2, -0.15) is 0 Å². The van der Waals surface area contributed by atoms with Gasteiger partial charge in [-0.1, -0.05) is 30.1 Å². The molecule has 0 atom stereocenters. The fourth-order valence-electron chi connectivity index (χ4n) is 1.25. The smallest absolute Gasteiger partial charge is 0.233 e. The van der Waals surface area contributed by atoms with E-state index in [2.05, 4.69) is 10.6 Å². The molecule has 0 aromatic heterocycles. The lowest BCUT2D eigenvalue weighted by Crippen LogP contribution is -2.28. The minimum Gasteiger partial charge on any atom is -0.356 e. The molecule has 0 bridgehead atoms. The van der Waals surface area contributed by atoms with Gasteiger partial charge in [0.15, 0.2) is 0 Å². The molecule has 2 N–H and O–H groups in total. The zero-order valence-electron chi connectivity index (χ0n) is 9.93. The molecule has 2 amide bonds. The van der Waals surface area contributed by atoms with Gasteiger partial charge in [0.05, 0.1) is 10.0 Å². The number of anilines is 1. The Balaban J connectivity index is 2.49. The first-order valence-electron chi connectivity index (χ1n) is 5.54. The molecule has 0 spiro atoms. The van der Waals surface area contributed by atoms with Crippen molar-refractivity contribution in [1.82, 2.24) is 5.32 Å². The molecule has 1 aromatic carbocycles. The van der Waals surface area contributed by atoms with Crippen molar-refractivity contribution in [3.05, 3.63) is 28.2 Å². The molecule has 1 rings (SSSR count). The Morgan fingerprint density at radius 3 is 2.50 bits per heavy atom. The third kappa shape index (κ3) is 4.94. The SMILES string of the molecule is CCCNC(=O)CC(=O)Nc1ccc(Cl)c(Cl)c1. The molecule has 1 aromatic rings. The van der Waals surface area contributed by atoms with Crippen molar-refractivity contribution in [3.8, 4) is 0 Å². The Bertz CT molecular complexity index is 450. The summed E-state index contributed by atoms with van der Waals surface area (Å²) in [4.78, 5) is 22.8. The molecule has 6 heteroatoms. The molecular weight excluding hydrogens is 275 g/mol. The molecule has 0 aliphatic heterocycles. The van der Waals surface area contributed by atoms with Crippen LogP contribution >= 0.6 is 23.2 Å². The number of hydrogen-bond donors (Lipinski definition) is 2.